The lowest BCUT2D eigenvalue weighted by Crippen LogP contribution is -2.44. The average molecular weight is 360 g/mol. The molecule has 1 saturated carbocycles. The van der Waals surface area contributed by atoms with Crippen LogP contribution < -0.4 is 10.1 Å². The second-order valence-electron chi connectivity index (χ2n) is 6.27. The lowest BCUT2D eigenvalue weighted by atomic mass is 10.2. The first-order chi connectivity index (χ1) is 9.69. The molecule has 0 heterocycles. The Kier molecular flexibility index (Phi) is 4.46. The van der Waals surface area contributed by atoms with Crippen molar-refractivity contribution in [2.24, 2.45) is 0 Å². The van der Waals surface area contributed by atoms with Crippen LogP contribution in [-0.2, 0) is 4.74 Å². The van der Waals surface area contributed by atoms with Crippen LogP contribution in [0.2, 0.25) is 0 Å². The first-order valence-electron chi connectivity index (χ1n) is 6.78. The largest absolute Gasteiger partial charge is 0.491 e. The molecule has 0 aliphatic heterocycles. The summed E-state index contributed by atoms with van der Waals surface area (Å²) < 4.78 is 24.6. The van der Waals surface area contributed by atoms with Crippen molar-refractivity contribution >= 4 is 22.0 Å². The minimum Gasteiger partial charge on any atom is -0.491 e. The van der Waals surface area contributed by atoms with Crippen molar-refractivity contribution in [2.75, 3.05) is 6.61 Å². The third kappa shape index (κ3) is 4.88. The van der Waals surface area contributed by atoms with E-state index in [0.717, 1.165) is 12.8 Å². The standard InChI is InChI=1S/C15H19BrFNO3/c1-14(2,3)21-13(19)18-15(6-7-15)9-20-10-4-5-11(16)12(17)8-10/h4-5,8H,6-7,9H2,1-3H3,(H,18,19). The minimum absolute atomic E-state index is 0.299. The van der Waals surface area contributed by atoms with Crippen LogP contribution in [0.5, 0.6) is 5.75 Å². The second kappa shape index (κ2) is 5.83. The zero-order valence-corrected chi connectivity index (χ0v) is 13.9. The Morgan fingerprint density at radius 2 is 2.10 bits per heavy atom. The molecule has 0 atom stereocenters. The Morgan fingerprint density at radius 1 is 1.43 bits per heavy atom. The molecule has 21 heavy (non-hydrogen) atoms. The molecule has 4 nitrogen and oxygen atoms in total. The highest BCUT2D eigenvalue weighted by atomic mass is 79.9. The molecule has 1 aromatic rings. The Labute approximate surface area is 132 Å². The zero-order chi connectivity index (χ0) is 15.7. The number of carbonyl (C=O) groups is 1. The van der Waals surface area contributed by atoms with E-state index in [4.69, 9.17) is 9.47 Å². The SMILES string of the molecule is CC(C)(C)OC(=O)NC1(COc2ccc(Br)c(F)c2)CC1. The number of alkyl carbamates (subject to hydrolysis) is 1. The Balaban J connectivity index is 1.87. The van der Waals surface area contributed by atoms with Crippen LogP contribution in [-0.4, -0.2) is 23.8 Å². The van der Waals surface area contributed by atoms with Gasteiger partial charge < -0.3 is 14.8 Å². The van der Waals surface area contributed by atoms with E-state index in [0.29, 0.717) is 16.8 Å². The Morgan fingerprint density at radius 3 is 2.62 bits per heavy atom. The van der Waals surface area contributed by atoms with Crippen molar-refractivity contribution < 1.29 is 18.7 Å². The number of benzene rings is 1. The van der Waals surface area contributed by atoms with Gasteiger partial charge in [0.2, 0.25) is 0 Å². The highest BCUT2D eigenvalue weighted by molar-refractivity contribution is 9.10. The van der Waals surface area contributed by atoms with E-state index in [1.165, 1.54) is 6.07 Å². The third-order valence-corrected chi connectivity index (χ3v) is 3.67. The fourth-order valence-corrected chi connectivity index (χ4v) is 2.01. The molecule has 0 radical (unpaired) electrons. The number of halogens is 2. The van der Waals surface area contributed by atoms with Crippen LogP contribution in [0.15, 0.2) is 22.7 Å². The van der Waals surface area contributed by atoms with Crippen molar-refractivity contribution in [1.82, 2.24) is 5.32 Å². The molecule has 1 aliphatic rings. The van der Waals surface area contributed by atoms with Gasteiger partial charge in [-0.2, -0.15) is 0 Å². The van der Waals surface area contributed by atoms with E-state index in [9.17, 15) is 9.18 Å². The van der Waals surface area contributed by atoms with Crippen molar-refractivity contribution in [2.45, 2.75) is 44.8 Å². The number of hydrogen-bond acceptors (Lipinski definition) is 3. The van der Waals surface area contributed by atoms with E-state index >= 15 is 0 Å². The van der Waals surface area contributed by atoms with Gasteiger partial charge >= 0.3 is 6.09 Å². The molecular formula is C15H19BrFNO3. The maximum absolute atomic E-state index is 13.4. The zero-order valence-electron chi connectivity index (χ0n) is 12.3. The molecule has 6 heteroatoms. The number of hydrogen-bond donors (Lipinski definition) is 1. The van der Waals surface area contributed by atoms with E-state index in [-0.39, 0.29) is 5.82 Å². The molecule has 116 valence electrons. The molecule has 1 fully saturated rings. The first kappa shape index (κ1) is 16.1. The van der Waals surface area contributed by atoms with Gasteiger partial charge in [0.15, 0.2) is 0 Å². The molecule has 2 rings (SSSR count). The maximum Gasteiger partial charge on any atom is 0.408 e. The summed E-state index contributed by atoms with van der Waals surface area (Å²) in [5.41, 5.74) is -0.929. The predicted molar refractivity (Wildman–Crippen MR) is 80.9 cm³/mol. The number of nitrogens with one attached hydrogen (secondary N) is 1. The summed E-state index contributed by atoms with van der Waals surface area (Å²) in [6.45, 7) is 5.74. The lowest BCUT2D eigenvalue weighted by molar-refractivity contribution is 0.0477. The molecule has 0 saturated heterocycles. The summed E-state index contributed by atoms with van der Waals surface area (Å²) in [5.74, 6) is 0.0606. The summed E-state index contributed by atoms with van der Waals surface area (Å²) in [5, 5.41) is 2.83. The van der Waals surface area contributed by atoms with Gasteiger partial charge in [0.05, 0.1) is 10.0 Å². The topological polar surface area (TPSA) is 47.6 Å². The first-order valence-corrected chi connectivity index (χ1v) is 7.57. The molecule has 1 amide bonds. The number of rotatable bonds is 4. The molecule has 0 spiro atoms. The summed E-state index contributed by atoms with van der Waals surface area (Å²) in [6.07, 6.45) is 1.20. The van der Waals surface area contributed by atoms with E-state index in [1.807, 2.05) is 20.8 Å². The average Bonchev–Trinajstić information content (AvgIpc) is 3.08. The summed E-state index contributed by atoms with van der Waals surface area (Å²) in [6, 6.07) is 4.58. The summed E-state index contributed by atoms with van der Waals surface area (Å²) in [7, 11) is 0. The van der Waals surface area contributed by atoms with Crippen molar-refractivity contribution in [3.8, 4) is 5.75 Å². The van der Waals surface area contributed by atoms with Crippen LogP contribution in [0.3, 0.4) is 0 Å². The van der Waals surface area contributed by atoms with Gasteiger partial charge in [-0.25, -0.2) is 9.18 Å². The monoisotopic (exact) mass is 359 g/mol. The Hall–Kier alpha value is -1.30. The number of ether oxygens (including phenoxy) is 2. The van der Waals surface area contributed by atoms with E-state index < -0.39 is 17.2 Å². The highest BCUT2D eigenvalue weighted by Gasteiger charge is 2.46. The molecule has 1 N–H and O–H groups in total. The minimum atomic E-state index is -0.532. The van der Waals surface area contributed by atoms with Crippen LogP contribution >= 0.6 is 15.9 Å². The molecule has 1 aromatic carbocycles. The number of carbonyl (C=O) groups excluding carboxylic acids is 1. The summed E-state index contributed by atoms with van der Waals surface area (Å²) in [4.78, 5) is 11.8. The van der Waals surface area contributed by atoms with Gasteiger partial charge in [-0.05, 0) is 61.7 Å². The third-order valence-electron chi connectivity index (χ3n) is 3.03. The fourth-order valence-electron chi connectivity index (χ4n) is 1.76. The maximum atomic E-state index is 13.4. The van der Waals surface area contributed by atoms with Crippen LogP contribution in [0.1, 0.15) is 33.6 Å². The highest BCUT2D eigenvalue weighted by Crippen LogP contribution is 2.36. The van der Waals surface area contributed by atoms with Crippen molar-refractivity contribution in [3.63, 3.8) is 0 Å². The van der Waals surface area contributed by atoms with Gasteiger partial charge in [0.1, 0.15) is 23.8 Å². The van der Waals surface area contributed by atoms with Gasteiger partial charge in [0.25, 0.3) is 0 Å². The van der Waals surface area contributed by atoms with Gasteiger partial charge in [-0.1, -0.05) is 0 Å². The lowest BCUT2D eigenvalue weighted by Gasteiger charge is -2.23. The van der Waals surface area contributed by atoms with Crippen LogP contribution in [0.4, 0.5) is 9.18 Å². The smallest absolute Gasteiger partial charge is 0.408 e. The quantitative estimate of drug-likeness (QED) is 0.882. The van der Waals surface area contributed by atoms with Crippen LogP contribution in [0, 0.1) is 5.82 Å². The predicted octanol–water partition coefficient (Wildman–Crippen LogP) is 4.02. The normalized spacial score (nSPS) is 16.2. The molecule has 0 bridgehead atoms. The molecular weight excluding hydrogens is 341 g/mol. The second-order valence-corrected chi connectivity index (χ2v) is 7.13. The van der Waals surface area contributed by atoms with Crippen LogP contribution in [0.25, 0.3) is 0 Å². The van der Waals surface area contributed by atoms with Crippen molar-refractivity contribution in [1.29, 1.82) is 0 Å². The van der Waals surface area contributed by atoms with Gasteiger partial charge in [0, 0.05) is 6.07 Å². The van der Waals surface area contributed by atoms with E-state index in [1.54, 1.807) is 12.1 Å². The summed E-state index contributed by atoms with van der Waals surface area (Å²) >= 11 is 3.09. The fraction of sp³-hybridized carbons (Fsp3) is 0.533. The van der Waals surface area contributed by atoms with Crippen molar-refractivity contribution in [3.05, 3.63) is 28.5 Å². The van der Waals surface area contributed by atoms with E-state index in [2.05, 4.69) is 21.2 Å². The molecule has 0 aromatic heterocycles. The number of amides is 1. The molecule has 0 unspecified atom stereocenters. The van der Waals surface area contributed by atoms with Gasteiger partial charge in [-0.15, -0.1) is 0 Å². The van der Waals surface area contributed by atoms with Gasteiger partial charge in [-0.3, -0.25) is 0 Å². The molecule has 1 aliphatic carbocycles. The Bertz CT molecular complexity index is 538.